The minimum Gasteiger partial charge on any atom is -0.481 e. The first-order chi connectivity index (χ1) is 8.06. The Hall–Kier alpha value is -1.10. The summed E-state index contributed by atoms with van der Waals surface area (Å²) in [6, 6.07) is 0.490. The van der Waals surface area contributed by atoms with Crippen LogP contribution in [0.25, 0.3) is 0 Å². The van der Waals surface area contributed by atoms with Crippen molar-refractivity contribution in [1.82, 2.24) is 4.90 Å². The van der Waals surface area contributed by atoms with Crippen LogP contribution in [0.1, 0.15) is 32.1 Å². The minimum absolute atomic E-state index is 0.187. The van der Waals surface area contributed by atoms with E-state index in [2.05, 4.69) is 4.90 Å². The first-order valence-corrected chi connectivity index (χ1v) is 6.24. The zero-order valence-electron chi connectivity index (χ0n) is 9.84. The van der Waals surface area contributed by atoms with Crippen LogP contribution in [-0.4, -0.2) is 46.2 Å². The van der Waals surface area contributed by atoms with Crippen molar-refractivity contribution in [2.45, 2.75) is 38.1 Å². The standard InChI is InChI=1S/C12H19NO4/c14-11(15)3-4-13-7-9-5-10(13)2-1-8(9)6-12(16)17/h8-10H,1-7H2,(H,14,15)(H,16,17). The van der Waals surface area contributed by atoms with E-state index in [9.17, 15) is 9.59 Å². The van der Waals surface area contributed by atoms with Gasteiger partial charge in [-0.25, -0.2) is 0 Å². The molecular weight excluding hydrogens is 222 g/mol. The second-order valence-corrected chi connectivity index (χ2v) is 5.22. The topological polar surface area (TPSA) is 77.8 Å². The zero-order chi connectivity index (χ0) is 12.4. The van der Waals surface area contributed by atoms with Gasteiger partial charge in [0, 0.05) is 25.6 Å². The molecule has 1 aliphatic heterocycles. The lowest BCUT2D eigenvalue weighted by Gasteiger charge is -2.27. The van der Waals surface area contributed by atoms with Crippen molar-refractivity contribution in [3.63, 3.8) is 0 Å². The second-order valence-electron chi connectivity index (χ2n) is 5.22. The van der Waals surface area contributed by atoms with E-state index in [-0.39, 0.29) is 12.8 Å². The summed E-state index contributed by atoms with van der Waals surface area (Å²) in [6.07, 6.45) is 3.51. The van der Waals surface area contributed by atoms with Crippen LogP contribution in [0.4, 0.5) is 0 Å². The molecular formula is C12H19NO4. The van der Waals surface area contributed by atoms with Gasteiger partial charge in [-0.2, -0.15) is 0 Å². The Morgan fingerprint density at radius 3 is 2.59 bits per heavy atom. The number of fused-ring (bicyclic) bond motifs is 2. The largest absolute Gasteiger partial charge is 0.481 e. The van der Waals surface area contributed by atoms with Crippen LogP contribution in [0, 0.1) is 11.8 Å². The molecule has 1 aliphatic carbocycles. The van der Waals surface area contributed by atoms with Crippen LogP contribution in [0.3, 0.4) is 0 Å². The van der Waals surface area contributed by atoms with Gasteiger partial charge in [0.1, 0.15) is 0 Å². The predicted octanol–water partition coefficient (Wildman–Crippen LogP) is 1.04. The summed E-state index contributed by atoms with van der Waals surface area (Å²) in [5.74, 6) is -0.719. The van der Waals surface area contributed by atoms with Crippen LogP contribution < -0.4 is 0 Å². The molecule has 0 aromatic rings. The van der Waals surface area contributed by atoms with E-state index in [1.54, 1.807) is 0 Å². The molecule has 1 saturated heterocycles. The lowest BCUT2D eigenvalue weighted by atomic mass is 9.78. The van der Waals surface area contributed by atoms with Crippen molar-refractivity contribution in [1.29, 1.82) is 0 Å². The molecule has 0 aromatic heterocycles. The van der Waals surface area contributed by atoms with Gasteiger partial charge in [-0.3, -0.25) is 14.5 Å². The van der Waals surface area contributed by atoms with E-state index < -0.39 is 11.9 Å². The van der Waals surface area contributed by atoms with Gasteiger partial charge in [0.05, 0.1) is 6.42 Å². The first kappa shape index (κ1) is 12.4. The molecule has 5 nitrogen and oxygen atoms in total. The SMILES string of the molecule is O=C(O)CCN1CC2CC1CCC2CC(=O)O. The second kappa shape index (κ2) is 5.04. The highest BCUT2D eigenvalue weighted by Crippen LogP contribution is 2.40. The predicted molar refractivity (Wildman–Crippen MR) is 60.7 cm³/mol. The van der Waals surface area contributed by atoms with Crippen molar-refractivity contribution in [2.24, 2.45) is 11.8 Å². The highest BCUT2D eigenvalue weighted by Gasteiger charge is 2.40. The molecule has 3 atom stereocenters. The summed E-state index contributed by atoms with van der Waals surface area (Å²) in [5.41, 5.74) is 0. The molecule has 2 N–H and O–H groups in total. The van der Waals surface area contributed by atoms with Gasteiger partial charge in [-0.05, 0) is 31.1 Å². The average molecular weight is 241 g/mol. The van der Waals surface area contributed by atoms with E-state index in [1.807, 2.05) is 0 Å². The number of carboxylic acid groups (broad SMARTS) is 2. The van der Waals surface area contributed by atoms with E-state index >= 15 is 0 Å². The zero-order valence-corrected chi connectivity index (χ0v) is 9.84. The van der Waals surface area contributed by atoms with E-state index in [0.29, 0.717) is 24.4 Å². The monoisotopic (exact) mass is 241 g/mol. The number of hydrogen-bond acceptors (Lipinski definition) is 3. The fourth-order valence-corrected chi connectivity index (χ4v) is 3.31. The fraction of sp³-hybridized carbons (Fsp3) is 0.833. The number of aliphatic carboxylic acids is 2. The Kier molecular flexibility index (Phi) is 3.66. The van der Waals surface area contributed by atoms with Gasteiger partial charge in [-0.15, -0.1) is 0 Å². The number of carbonyl (C=O) groups is 2. The Morgan fingerprint density at radius 1 is 1.18 bits per heavy atom. The van der Waals surface area contributed by atoms with Gasteiger partial charge in [0.2, 0.25) is 0 Å². The van der Waals surface area contributed by atoms with Crippen molar-refractivity contribution in [3.8, 4) is 0 Å². The molecule has 2 fully saturated rings. The van der Waals surface area contributed by atoms with Crippen LogP contribution >= 0.6 is 0 Å². The van der Waals surface area contributed by atoms with Crippen molar-refractivity contribution < 1.29 is 19.8 Å². The number of likely N-dealkylation sites (tertiary alicyclic amines) is 1. The Morgan fingerprint density at radius 2 is 1.94 bits per heavy atom. The molecule has 1 saturated carbocycles. The molecule has 96 valence electrons. The van der Waals surface area contributed by atoms with Crippen LogP contribution in [0.5, 0.6) is 0 Å². The molecule has 0 spiro atoms. The maximum atomic E-state index is 10.7. The lowest BCUT2D eigenvalue weighted by Crippen LogP contribution is -2.31. The smallest absolute Gasteiger partial charge is 0.304 e. The van der Waals surface area contributed by atoms with Crippen LogP contribution in [0.2, 0.25) is 0 Å². The Labute approximate surface area is 100 Å². The Balaban J connectivity index is 1.87. The lowest BCUT2D eigenvalue weighted by molar-refractivity contribution is -0.139. The van der Waals surface area contributed by atoms with Crippen molar-refractivity contribution in [2.75, 3.05) is 13.1 Å². The number of carboxylic acids is 2. The summed E-state index contributed by atoms with van der Waals surface area (Å²) in [5, 5.41) is 17.5. The first-order valence-electron chi connectivity index (χ1n) is 6.24. The molecule has 2 aliphatic rings. The third kappa shape index (κ3) is 2.97. The molecule has 17 heavy (non-hydrogen) atoms. The summed E-state index contributed by atoms with van der Waals surface area (Å²) in [7, 11) is 0. The maximum absolute atomic E-state index is 10.7. The van der Waals surface area contributed by atoms with Gasteiger partial charge < -0.3 is 10.2 Å². The van der Waals surface area contributed by atoms with Gasteiger partial charge in [0.25, 0.3) is 0 Å². The number of hydrogen-bond donors (Lipinski definition) is 2. The van der Waals surface area contributed by atoms with Crippen molar-refractivity contribution in [3.05, 3.63) is 0 Å². The maximum Gasteiger partial charge on any atom is 0.304 e. The summed E-state index contributed by atoms with van der Waals surface area (Å²) >= 11 is 0. The summed E-state index contributed by atoms with van der Waals surface area (Å²) in [4.78, 5) is 23.5. The van der Waals surface area contributed by atoms with E-state index in [4.69, 9.17) is 10.2 Å². The molecule has 2 bridgehead atoms. The average Bonchev–Trinajstić information content (AvgIpc) is 2.57. The fourth-order valence-electron chi connectivity index (χ4n) is 3.31. The van der Waals surface area contributed by atoms with Gasteiger partial charge in [0.15, 0.2) is 0 Å². The quantitative estimate of drug-likeness (QED) is 0.752. The van der Waals surface area contributed by atoms with E-state index in [1.165, 1.54) is 0 Å². The van der Waals surface area contributed by atoms with Crippen molar-refractivity contribution >= 4 is 11.9 Å². The molecule has 3 unspecified atom stereocenters. The molecule has 0 amide bonds. The number of nitrogens with zero attached hydrogens (tertiary/aromatic N) is 1. The third-order valence-corrected chi connectivity index (χ3v) is 4.15. The third-order valence-electron chi connectivity index (χ3n) is 4.15. The van der Waals surface area contributed by atoms with Crippen LogP contribution in [-0.2, 0) is 9.59 Å². The normalized spacial score (nSPS) is 32.6. The molecule has 1 heterocycles. The van der Waals surface area contributed by atoms with E-state index in [0.717, 1.165) is 25.8 Å². The van der Waals surface area contributed by atoms with Gasteiger partial charge >= 0.3 is 11.9 Å². The summed E-state index contributed by atoms with van der Waals surface area (Å²) in [6.45, 7) is 1.49. The molecule has 2 rings (SSSR count). The summed E-state index contributed by atoms with van der Waals surface area (Å²) < 4.78 is 0. The molecule has 0 aromatic carbocycles. The minimum atomic E-state index is -0.756. The molecule has 5 heteroatoms. The Bertz CT molecular complexity index is 318. The molecule has 0 radical (unpaired) electrons. The number of rotatable bonds is 5. The highest BCUT2D eigenvalue weighted by atomic mass is 16.4. The highest BCUT2D eigenvalue weighted by molar-refractivity contribution is 5.67. The van der Waals surface area contributed by atoms with Crippen LogP contribution in [0.15, 0.2) is 0 Å². The van der Waals surface area contributed by atoms with Gasteiger partial charge in [-0.1, -0.05) is 0 Å².